The third-order valence-electron chi connectivity index (χ3n) is 3.89. The standard InChI is InChI=1S/C16H22N2O2/c1-3-12(4-2)16(20)17-10-11-5-7-14-13(9-11)6-8-15(19)18-14/h5,7,9,12H,3-4,6,8,10H2,1-2H3,(H,17,20)(H,18,19). The molecule has 0 saturated heterocycles. The van der Waals surface area contributed by atoms with E-state index < -0.39 is 0 Å². The van der Waals surface area contributed by atoms with Crippen molar-refractivity contribution in [2.45, 2.75) is 46.1 Å². The molecule has 108 valence electrons. The Labute approximate surface area is 119 Å². The lowest BCUT2D eigenvalue weighted by Gasteiger charge is -2.18. The summed E-state index contributed by atoms with van der Waals surface area (Å²) < 4.78 is 0. The first-order valence-electron chi connectivity index (χ1n) is 7.33. The molecule has 0 radical (unpaired) electrons. The van der Waals surface area contributed by atoms with Crippen LogP contribution in [-0.2, 0) is 22.6 Å². The number of fused-ring (bicyclic) bond motifs is 1. The van der Waals surface area contributed by atoms with Crippen LogP contribution in [-0.4, -0.2) is 11.8 Å². The molecule has 2 N–H and O–H groups in total. The molecule has 1 aromatic rings. The molecule has 0 fully saturated rings. The molecule has 4 heteroatoms. The van der Waals surface area contributed by atoms with Gasteiger partial charge in [0, 0.05) is 24.6 Å². The molecule has 0 bridgehead atoms. The summed E-state index contributed by atoms with van der Waals surface area (Å²) in [4.78, 5) is 23.2. The molecule has 0 spiro atoms. The maximum atomic E-state index is 11.9. The van der Waals surface area contributed by atoms with Crippen LogP contribution in [0.2, 0.25) is 0 Å². The molecule has 0 unspecified atom stereocenters. The minimum absolute atomic E-state index is 0.0762. The van der Waals surface area contributed by atoms with Gasteiger partial charge in [-0.05, 0) is 36.5 Å². The molecule has 0 aliphatic carbocycles. The number of carbonyl (C=O) groups excluding carboxylic acids is 2. The molecule has 0 atom stereocenters. The highest BCUT2D eigenvalue weighted by molar-refractivity contribution is 5.93. The van der Waals surface area contributed by atoms with Crippen LogP contribution in [0.25, 0.3) is 0 Å². The summed E-state index contributed by atoms with van der Waals surface area (Å²) in [5.74, 6) is 0.306. The fraction of sp³-hybridized carbons (Fsp3) is 0.500. The highest BCUT2D eigenvalue weighted by Gasteiger charge is 2.16. The average molecular weight is 274 g/mol. The van der Waals surface area contributed by atoms with Crippen LogP contribution in [0.15, 0.2) is 18.2 Å². The highest BCUT2D eigenvalue weighted by Crippen LogP contribution is 2.23. The zero-order valence-corrected chi connectivity index (χ0v) is 12.2. The lowest BCUT2D eigenvalue weighted by molar-refractivity contribution is -0.125. The van der Waals surface area contributed by atoms with Gasteiger partial charge in [-0.1, -0.05) is 26.0 Å². The van der Waals surface area contributed by atoms with Crippen LogP contribution < -0.4 is 10.6 Å². The molecule has 2 amide bonds. The van der Waals surface area contributed by atoms with Crippen molar-refractivity contribution in [3.05, 3.63) is 29.3 Å². The maximum absolute atomic E-state index is 11.9. The van der Waals surface area contributed by atoms with Crippen molar-refractivity contribution in [3.63, 3.8) is 0 Å². The van der Waals surface area contributed by atoms with E-state index in [1.807, 2.05) is 26.0 Å². The first kappa shape index (κ1) is 14.6. The molecular formula is C16H22N2O2. The summed E-state index contributed by atoms with van der Waals surface area (Å²) in [5.41, 5.74) is 3.13. The van der Waals surface area contributed by atoms with Crippen LogP contribution in [0.1, 0.15) is 44.2 Å². The predicted molar refractivity (Wildman–Crippen MR) is 79.3 cm³/mol. The van der Waals surface area contributed by atoms with Gasteiger partial charge in [0.2, 0.25) is 11.8 Å². The lowest BCUT2D eigenvalue weighted by atomic mass is 10.00. The van der Waals surface area contributed by atoms with Crippen molar-refractivity contribution >= 4 is 17.5 Å². The fourth-order valence-electron chi connectivity index (χ4n) is 2.54. The van der Waals surface area contributed by atoms with E-state index in [4.69, 9.17) is 0 Å². The maximum Gasteiger partial charge on any atom is 0.224 e. The number of nitrogens with one attached hydrogen (secondary N) is 2. The minimum Gasteiger partial charge on any atom is -0.352 e. The summed E-state index contributed by atoms with van der Waals surface area (Å²) in [5, 5.41) is 5.85. The van der Waals surface area contributed by atoms with Crippen molar-refractivity contribution in [2.75, 3.05) is 5.32 Å². The van der Waals surface area contributed by atoms with Crippen LogP contribution in [0.5, 0.6) is 0 Å². The normalized spacial score (nSPS) is 13.8. The zero-order valence-electron chi connectivity index (χ0n) is 12.2. The van der Waals surface area contributed by atoms with E-state index in [-0.39, 0.29) is 17.7 Å². The smallest absolute Gasteiger partial charge is 0.224 e. The second kappa shape index (κ2) is 6.55. The van der Waals surface area contributed by atoms with Gasteiger partial charge < -0.3 is 10.6 Å². The van der Waals surface area contributed by atoms with Crippen LogP contribution in [0.4, 0.5) is 5.69 Å². The average Bonchev–Trinajstić information content (AvgIpc) is 2.46. The molecule has 1 heterocycles. The molecule has 1 aliphatic heterocycles. The van der Waals surface area contributed by atoms with Gasteiger partial charge in [0.1, 0.15) is 0 Å². The van der Waals surface area contributed by atoms with E-state index in [2.05, 4.69) is 16.7 Å². The third kappa shape index (κ3) is 3.38. The van der Waals surface area contributed by atoms with Crippen LogP contribution in [0.3, 0.4) is 0 Å². The van der Waals surface area contributed by atoms with Gasteiger partial charge in [-0.25, -0.2) is 0 Å². The Morgan fingerprint density at radius 2 is 2.05 bits per heavy atom. The van der Waals surface area contributed by atoms with Gasteiger partial charge in [0.15, 0.2) is 0 Å². The predicted octanol–water partition coefficient (Wildman–Crippen LogP) is 2.62. The van der Waals surface area contributed by atoms with Gasteiger partial charge in [-0.3, -0.25) is 9.59 Å². The first-order valence-corrected chi connectivity index (χ1v) is 7.33. The number of benzene rings is 1. The number of aryl methyl sites for hydroxylation is 1. The van der Waals surface area contributed by atoms with Crippen molar-refractivity contribution in [1.29, 1.82) is 0 Å². The van der Waals surface area contributed by atoms with Gasteiger partial charge in [-0.2, -0.15) is 0 Å². The third-order valence-corrected chi connectivity index (χ3v) is 3.89. The summed E-state index contributed by atoms with van der Waals surface area (Å²) in [6.45, 7) is 4.63. The van der Waals surface area contributed by atoms with E-state index >= 15 is 0 Å². The van der Waals surface area contributed by atoms with Crippen molar-refractivity contribution in [3.8, 4) is 0 Å². The first-order chi connectivity index (χ1) is 9.63. The van der Waals surface area contributed by atoms with E-state index in [9.17, 15) is 9.59 Å². The summed E-state index contributed by atoms with van der Waals surface area (Å²) >= 11 is 0. The number of hydrogen-bond donors (Lipinski definition) is 2. The van der Waals surface area contributed by atoms with E-state index in [1.54, 1.807) is 0 Å². The van der Waals surface area contributed by atoms with Crippen molar-refractivity contribution < 1.29 is 9.59 Å². The molecule has 1 aliphatic rings. The molecule has 1 aromatic carbocycles. The molecular weight excluding hydrogens is 252 g/mol. The minimum atomic E-state index is 0.0762. The Bertz CT molecular complexity index is 507. The van der Waals surface area contributed by atoms with Crippen LogP contribution >= 0.6 is 0 Å². The molecule has 20 heavy (non-hydrogen) atoms. The van der Waals surface area contributed by atoms with Gasteiger partial charge in [-0.15, -0.1) is 0 Å². The molecule has 0 aromatic heterocycles. The number of rotatable bonds is 5. The van der Waals surface area contributed by atoms with Gasteiger partial charge in [0.05, 0.1) is 0 Å². The Balaban J connectivity index is 1.97. The molecule has 2 rings (SSSR count). The Morgan fingerprint density at radius 3 is 2.75 bits per heavy atom. The summed E-state index contributed by atoms with van der Waals surface area (Å²) in [6.07, 6.45) is 3.06. The second-order valence-corrected chi connectivity index (χ2v) is 5.27. The monoisotopic (exact) mass is 274 g/mol. The number of amides is 2. The van der Waals surface area contributed by atoms with Crippen molar-refractivity contribution in [1.82, 2.24) is 5.32 Å². The number of hydrogen-bond acceptors (Lipinski definition) is 2. The lowest BCUT2D eigenvalue weighted by Crippen LogP contribution is -2.29. The Morgan fingerprint density at radius 1 is 1.30 bits per heavy atom. The topological polar surface area (TPSA) is 58.2 Å². The molecule has 4 nitrogen and oxygen atoms in total. The fourth-order valence-corrected chi connectivity index (χ4v) is 2.54. The highest BCUT2D eigenvalue weighted by atomic mass is 16.2. The zero-order chi connectivity index (χ0) is 14.5. The Hall–Kier alpha value is -1.84. The van der Waals surface area contributed by atoms with Gasteiger partial charge >= 0.3 is 0 Å². The Kier molecular flexibility index (Phi) is 4.77. The molecule has 0 saturated carbocycles. The summed E-state index contributed by atoms with van der Waals surface area (Å²) in [6, 6.07) is 5.95. The number of anilines is 1. The quantitative estimate of drug-likeness (QED) is 0.867. The van der Waals surface area contributed by atoms with E-state index in [0.29, 0.717) is 13.0 Å². The SMILES string of the molecule is CCC(CC)C(=O)NCc1ccc2c(c1)CCC(=O)N2. The number of carbonyl (C=O) groups is 2. The summed E-state index contributed by atoms with van der Waals surface area (Å²) in [7, 11) is 0. The van der Waals surface area contributed by atoms with Crippen LogP contribution in [0, 0.1) is 5.92 Å². The van der Waals surface area contributed by atoms with E-state index in [0.717, 1.165) is 36.1 Å². The largest absolute Gasteiger partial charge is 0.352 e. The second-order valence-electron chi connectivity index (χ2n) is 5.27. The van der Waals surface area contributed by atoms with Gasteiger partial charge in [0.25, 0.3) is 0 Å². The van der Waals surface area contributed by atoms with Crippen molar-refractivity contribution in [2.24, 2.45) is 5.92 Å². The van der Waals surface area contributed by atoms with E-state index in [1.165, 1.54) is 0 Å².